The van der Waals surface area contributed by atoms with E-state index in [1.807, 2.05) is 6.07 Å². The number of anilines is 1. The van der Waals surface area contributed by atoms with Crippen molar-refractivity contribution in [1.29, 1.82) is 0 Å². The minimum atomic E-state index is -2.96. The number of aromatic nitrogens is 5. The maximum atomic E-state index is 12.5. The summed E-state index contributed by atoms with van der Waals surface area (Å²) in [6.45, 7) is 0.848. The molecule has 0 saturated carbocycles. The van der Waals surface area contributed by atoms with Crippen molar-refractivity contribution in [2.45, 2.75) is 32.4 Å². The molecule has 29 heavy (non-hydrogen) atoms. The number of sulfone groups is 1. The van der Waals surface area contributed by atoms with Crippen molar-refractivity contribution < 1.29 is 8.42 Å². The second-order valence-corrected chi connectivity index (χ2v) is 9.77. The van der Waals surface area contributed by atoms with Gasteiger partial charge >= 0.3 is 0 Å². The zero-order valence-corrected chi connectivity index (χ0v) is 18.0. The molecule has 0 aliphatic heterocycles. The minimum absolute atomic E-state index is 0.154. The lowest BCUT2D eigenvalue weighted by molar-refractivity contribution is 0.545. The largest absolute Gasteiger partial charge is 0.352 e. The summed E-state index contributed by atoms with van der Waals surface area (Å²) in [5.41, 5.74) is 1.04. The minimum Gasteiger partial charge on any atom is -0.352 e. The molecule has 3 aromatic rings. The van der Waals surface area contributed by atoms with Gasteiger partial charge in [0.25, 0.3) is 5.56 Å². The fourth-order valence-electron chi connectivity index (χ4n) is 2.78. The molecule has 12 heteroatoms. The van der Waals surface area contributed by atoms with Crippen molar-refractivity contribution in [2.75, 3.05) is 17.3 Å². The van der Waals surface area contributed by atoms with Gasteiger partial charge in [-0.15, -0.1) is 5.10 Å². The van der Waals surface area contributed by atoms with Crippen molar-refractivity contribution in [3.63, 3.8) is 0 Å². The van der Waals surface area contributed by atoms with Crippen LogP contribution in [0.1, 0.15) is 24.8 Å². The summed E-state index contributed by atoms with van der Waals surface area (Å²) in [7, 11) is -2.96. The number of hydrogen-bond donors (Lipinski definition) is 2. The Bertz CT molecular complexity index is 1180. The quantitative estimate of drug-likeness (QED) is 0.472. The summed E-state index contributed by atoms with van der Waals surface area (Å²) in [6.07, 6.45) is 3.19. The molecule has 0 spiro atoms. The smallest absolute Gasteiger partial charge is 0.280 e. The van der Waals surface area contributed by atoms with E-state index in [4.69, 9.17) is 23.2 Å². The van der Waals surface area contributed by atoms with Gasteiger partial charge in [-0.3, -0.25) is 9.78 Å². The van der Waals surface area contributed by atoms with E-state index in [0.29, 0.717) is 42.4 Å². The second-order valence-electron chi connectivity index (χ2n) is 6.69. The summed E-state index contributed by atoms with van der Waals surface area (Å²) >= 11 is 11.9. The highest BCUT2D eigenvalue weighted by atomic mass is 35.5. The molecule has 0 aliphatic carbocycles. The molecule has 156 valence electrons. The first kappa shape index (κ1) is 21.5. The molecule has 0 amide bonds. The Labute approximate surface area is 177 Å². The number of fused-ring (bicyclic) bond motifs is 1. The van der Waals surface area contributed by atoms with E-state index in [2.05, 4.69) is 25.6 Å². The number of H-pyrrole nitrogens is 1. The first-order valence-electron chi connectivity index (χ1n) is 8.92. The SMILES string of the molecule is CS(=O)(=O)CCCCCn1nnc2nc(NCc3ccc(Cl)c(Cl)c3)[nH]c(=O)c21. The Kier molecular flexibility index (Phi) is 6.76. The van der Waals surface area contributed by atoms with Crippen molar-refractivity contribution in [3.05, 3.63) is 44.2 Å². The predicted octanol–water partition coefficient (Wildman–Crippen LogP) is 2.65. The average Bonchev–Trinajstić information content (AvgIpc) is 3.05. The number of nitrogens with one attached hydrogen (secondary N) is 2. The number of nitrogens with zero attached hydrogens (tertiary/aromatic N) is 4. The number of aryl methyl sites for hydroxylation is 1. The number of aromatic amines is 1. The highest BCUT2D eigenvalue weighted by Crippen LogP contribution is 2.22. The molecule has 3 rings (SSSR count). The lowest BCUT2D eigenvalue weighted by atomic mass is 10.2. The molecular weight excluding hydrogens is 439 g/mol. The van der Waals surface area contributed by atoms with Crippen LogP contribution < -0.4 is 10.9 Å². The molecule has 0 aliphatic rings. The van der Waals surface area contributed by atoms with E-state index in [1.54, 1.807) is 12.1 Å². The molecule has 0 atom stereocenters. The van der Waals surface area contributed by atoms with Gasteiger partial charge < -0.3 is 5.32 Å². The highest BCUT2D eigenvalue weighted by Gasteiger charge is 2.12. The first-order valence-corrected chi connectivity index (χ1v) is 11.7. The van der Waals surface area contributed by atoms with Crippen LogP contribution in [0.15, 0.2) is 23.0 Å². The van der Waals surface area contributed by atoms with E-state index in [1.165, 1.54) is 10.9 Å². The van der Waals surface area contributed by atoms with Crippen LogP contribution in [0.4, 0.5) is 5.95 Å². The monoisotopic (exact) mass is 458 g/mol. The van der Waals surface area contributed by atoms with Crippen molar-refractivity contribution in [1.82, 2.24) is 25.0 Å². The number of unbranched alkanes of at least 4 members (excludes halogenated alkanes) is 2. The standard InChI is InChI=1S/C17H20Cl2N6O3S/c1-29(27,28)8-4-2-3-7-25-14-15(23-24-25)21-17(22-16(14)26)20-10-11-5-6-12(18)13(19)9-11/h5-6,9H,2-4,7-8,10H2,1H3,(H2,20,21,22,26). The Morgan fingerprint density at radius 2 is 1.97 bits per heavy atom. The maximum Gasteiger partial charge on any atom is 0.280 e. The van der Waals surface area contributed by atoms with Gasteiger partial charge in [0.05, 0.1) is 10.0 Å². The van der Waals surface area contributed by atoms with E-state index in [9.17, 15) is 13.2 Å². The lowest BCUT2D eigenvalue weighted by Crippen LogP contribution is -2.16. The number of rotatable bonds is 9. The fraction of sp³-hybridized carbons (Fsp3) is 0.412. The normalized spacial score (nSPS) is 11.8. The van der Waals surface area contributed by atoms with E-state index in [0.717, 1.165) is 5.56 Å². The molecule has 2 heterocycles. The van der Waals surface area contributed by atoms with Gasteiger partial charge in [-0.05, 0) is 30.5 Å². The van der Waals surface area contributed by atoms with Crippen LogP contribution in [0.2, 0.25) is 10.0 Å². The van der Waals surface area contributed by atoms with E-state index < -0.39 is 9.84 Å². The Hall–Kier alpha value is -2.17. The molecular formula is C17H20Cl2N6O3S. The van der Waals surface area contributed by atoms with Crippen LogP contribution in [0, 0.1) is 0 Å². The number of halogens is 2. The number of benzene rings is 1. The van der Waals surface area contributed by atoms with Crippen LogP contribution in [0.25, 0.3) is 11.2 Å². The summed E-state index contributed by atoms with van der Waals surface area (Å²) in [6, 6.07) is 5.24. The van der Waals surface area contributed by atoms with Gasteiger partial charge in [0.15, 0.2) is 5.52 Å². The third kappa shape index (κ3) is 5.91. The first-order chi connectivity index (χ1) is 13.7. The van der Waals surface area contributed by atoms with Crippen molar-refractivity contribution >= 4 is 50.2 Å². The summed E-state index contributed by atoms with van der Waals surface area (Å²) in [5, 5.41) is 11.9. The molecule has 0 saturated heterocycles. The Balaban J connectivity index is 1.64. The summed E-state index contributed by atoms with van der Waals surface area (Å²) in [4.78, 5) is 19.4. The molecule has 9 nitrogen and oxygen atoms in total. The molecule has 0 unspecified atom stereocenters. The van der Waals surface area contributed by atoms with Crippen molar-refractivity contribution in [2.24, 2.45) is 0 Å². The predicted molar refractivity (Wildman–Crippen MR) is 113 cm³/mol. The molecule has 0 radical (unpaired) electrons. The Morgan fingerprint density at radius 3 is 2.69 bits per heavy atom. The van der Waals surface area contributed by atoms with Crippen LogP contribution >= 0.6 is 23.2 Å². The van der Waals surface area contributed by atoms with E-state index >= 15 is 0 Å². The van der Waals surface area contributed by atoms with Gasteiger partial charge in [0.2, 0.25) is 11.6 Å². The third-order valence-corrected chi connectivity index (χ3v) is 5.98. The topological polar surface area (TPSA) is 123 Å². The van der Waals surface area contributed by atoms with Crippen molar-refractivity contribution in [3.8, 4) is 0 Å². The third-order valence-electron chi connectivity index (χ3n) is 4.21. The molecule has 0 fully saturated rings. The van der Waals surface area contributed by atoms with E-state index in [-0.39, 0.29) is 28.4 Å². The second kappa shape index (κ2) is 9.10. The fourth-order valence-corrected chi connectivity index (χ4v) is 3.83. The molecule has 1 aromatic carbocycles. The van der Waals surface area contributed by atoms with Gasteiger partial charge in [-0.2, -0.15) is 4.98 Å². The zero-order chi connectivity index (χ0) is 21.0. The van der Waals surface area contributed by atoms with Gasteiger partial charge in [0.1, 0.15) is 9.84 Å². The summed E-state index contributed by atoms with van der Waals surface area (Å²) < 4.78 is 23.8. The number of hydrogen-bond acceptors (Lipinski definition) is 7. The van der Waals surface area contributed by atoms with Gasteiger partial charge in [-0.1, -0.05) is 40.9 Å². The van der Waals surface area contributed by atoms with Crippen LogP contribution in [0.3, 0.4) is 0 Å². The lowest BCUT2D eigenvalue weighted by Gasteiger charge is -2.07. The summed E-state index contributed by atoms with van der Waals surface area (Å²) in [5.74, 6) is 0.426. The Morgan fingerprint density at radius 1 is 1.17 bits per heavy atom. The van der Waals surface area contributed by atoms with Crippen LogP contribution in [-0.4, -0.2) is 45.4 Å². The molecule has 2 N–H and O–H groups in total. The van der Waals surface area contributed by atoms with Crippen LogP contribution in [-0.2, 0) is 22.9 Å². The highest BCUT2D eigenvalue weighted by molar-refractivity contribution is 7.90. The average molecular weight is 459 g/mol. The zero-order valence-electron chi connectivity index (χ0n) is 15.7. The maximum absolute atomic E-state index is 12.5. The van der Waals surface area contributed by atoms with Gasteiger partial charge in [-0.25, -0.2) is 13.1 Å². The van der Waals surface area contributed by atoms with Crippen LogP contribution in [0.5, 0.6) is 0 Å². The molecule has 0 bridgehead atoms. The molecule has 2 aromatic heterocycles. The van der Waals surface area contributed by atoms with Gasteiger partial charge in [0, 0.05) is 25.1 Å².